The number of carbonyl (C=O) groups is 1. The van der Waals surface area contributed by atoms with Crippen LogP contribution >= 0.6 is 11.6 Å². The summed E-state index contributed by atoms with van der Waals surface area (Å²) in [6.07, 6.45) is 0. The van der Waals surface area contributed by atoms with Gasteiger partial charge in [-0.05, 0) is 43.4 Å². The summed E-state index contributed by atoms with van der Waals surface area (Å²) in [6.45, 7) is -1.79. The molecule has 2 rings (SSSR count). The zero-order valence-electron chi connectivity index (χ0n) is 14.4. The Morgan fingerprint density at radius 2 is 1.92 bits per heavy atom. The molecule has 0 aliphatic carbocycles. The normalized spacial score (nSPS) is 10.9. The van der Waals surface area contributed by atoms with Crippen molar-refractivity contribution < 1.29 is 18.3 Å². The molecule has 2 aromatic carbocycles. The van der Waals surface area contributed by atoms with Crippen molar-refractivity contribution in [2.24, 2.45) is 0 Å². The van der Waals surface area contributed by atoms with E-state index >= 15 is 0 Å². The van der Waals surface area contributed by atoms with E-state index in [9.17, 15) is 13.6 Å². The Balaban J connectivity index is 1.90. The Morgan fingerprint density at radius 1 is 1.19 bits per heavy atom. The van der Waals surface area contributed by atoms with Gasteiger partial charge < -0.3 is 20.3 Å². The van der Waals surface area contributed by atoms with Gasteiger partial charge in [-0.25, -0.2) is 4.79 Å². The zero-order chi connectivity index (χ0) is 19.1. The quantitative estimate of drug-likeness (QED) is 0.748. The molecule has 0 spiro atoms. The molecule has 140 valence electrons. The van der Waals surface area contributed by atoms with Crippen molar-refractivity contribution in [2.45, 2.75) is 19.7 Å². The number of nitrogens with zero attached hydrogens (tertiary/aromatic N) is 1. The standard InChI is InChI=1S/C18H20ClF2N3O2/c1-24(2)11-13-5-3-4-12(8-13)10-22-18(25)23-14-6-7-16(15(19)9-14)26-17(20)21/h3-9,17H,10-11H2,1-2H3,(H2,22,23,25). The van der Waals surface area contributed by atoms with E-state index in [0.29, 0.717) is 12.2 Å². The first kappa shape index (κ1) is 19.9. The van der Waals surface area contributed by atoms with E-state index in [1.165, 1.54) is 18.2 Å². The Morgan fingerprint density at radius 3 is 2.58 bits per heavy atom. The van der Waals surface area contributed by atoms with Gasteiger partial charge in [-0.3, -0.25) is 0 Å². The molecule has 0 bridgehead atoms. The summed E-state index contributed by atoms with van der Waals surface area (Å²) in [5, 5.41) is 5.32. The smallest absolute Gasteiger partial charge is 0.387 e. The number of alkyl halides is 2. The van der Waals surface area contributed by atoms with Crippen LogP contribution in [0.25, 0.3) is 0 Å². The van der Waals surface area contributed by atoms with Crippen molar-refractivity contribution >= 4 is 23.3 Å². The number of amides is 2. The molecule has 2 aromatic rings. The average Bonchev–Trinajstić information content (AvgIpc) is 2.55. The van der Waals surface area contributed by atoms with Gasteiger partial charge in [0.05, 0.1) is 5.02 Å². The third-order valence-corrected chi connectivity index (χ3v) is 3.64. The van der Waals surface area contributed by atoms with Crippen LogP contribution in [0, 0.1) is 0 Å². The van der Waals surface area contributed by atoms with Crippen molar-refractivity contribution in [2.75, 3.05) is 19.4 Å². The topological polar surface area (TPSA) is 53.6 Å². The third-order valence-electron chi connectivity index (χ3n) is 3.35. The summed E-state index contributed by atoms with van der Waals surface area (Å²) >= 11 is 5.85. The van der Waals surface area contributed by atoms with Gasteiger partial charge in [0.25, 0.3) is 0 Å². The lowest BCUT2D eigenvalue weighted by atomic mass is 10.1. The van der Waals surface area contributed by atoms with Crippen LogP contribution in [-0.2, 0) is 13.1 Å². The molecule has 2 N–H and O–H groups in total. The van der Waals surface area contributed by atoms with Crippen LogP contribution in [0.1, 0.15) is 11.1 Å². The van der Waals surface area contributed by atoms with Crippen LogP contribution in [-0.4, -0.2) is 31.6 Å². The van der Waals surface area contributed by atoms with Crippen LogP contribution in [0.2, 0.25) is 5.02 Å². The van der Waals surface area contributed by atoms with Gasteiger partial charge in [-0.15, -0.1) is 0 Å². The Bertz CT molecular complexity index is 757. The summed E-state index contributed by atoms with van der Waals surface area (Å²) in [4.78, 5) is 14.1. The first-order valence-corrected chi connectivity index (χ1v) is 8.23. The minimum absolute atomic E-state index is 0.0144. The van der Waals surface area contributed by atoms with E-state index in [2.05, 4.69) is 20.3 Å². The molecule has 0 heterocycles. The zero-order valence-corrected chi connectivity index (χ0v) is 15.2. The van der Waals surface area contributed by atoms with Gasteiger partial charge in [0.15, 0.2) is 0 Å². The fourth-order valence-corrected chi connectivity index (χ4v) is 2.56. The molecule has 26 heavy (non-hydrogen) atoms. The van der Waals surface area contributed by atoms with Crippen molar-refractivity contribution in [3.05, 3.63) is 58.6 Å². The minimum atomic E-state index is -2.96. The van der Waals surface area contributed by atoms with Crippen molar-refractivity contribution in [1.29, 1.82) is 0 Å². The SMILES string of the molecule is CN(C)Cc1cccc(CNC(=O)Nc2ccc(OC(F)F)c(Cl)c2)c1. The molecule has 0 aliphatic heterocycles. The fraction of sp³-hybridized carbons (Fsp3) is 0.278. The van der Waals surface area contributed by atoms with Crippen LogP contribution in [0.3, 0.4) is 0 Å². The molecular formula is C18H20ClF2N3O2. The highest BCUT2D eigenvalue weighted by Crippen LogP contribution is 2.28. The summed E-state index contributed by atoms with van der Waals surface area (Å²) in [5.41, 5.74) is 2.49. The number of rotatable bonds is 7. The molecule has 0 unspecified atom stereocenters. The maximum absolute atomic E-state index is 12.2. The first-order valence-electron chi connectivity index (χ1n) is 7.85. The molecule has 0 saturated heterocycles. The minimum Gasteiger partial charge on any atom is -0.433 e. The maximum Gasteiger partial charge on any atom is 0.387 e. The maximum atomic E-state index is 12.2. The Hall–Kier alpha value is -2.38. The number of urea groups is 1. The van der Waals surface area contributed by atoms with Gasteiger partial charge in [0.2, 0.25) is 0 Å². The molecule has 5 nitrogen and oxygen atoms in total. The average molecular weight is 384 g/mol. The summed E-state index contributed by atoms with van der Waals surface area (Å²) < 4.78 is 28.7. The molecule has 8 heteroatoms. The summed E-state index contributed by atoms with van der Waals surface area (Å²) in [7, 11) is 3.97. The molecule has 0 saturated carbocycles. The number of anilines is 1. The molecule has 0 radical (unpaired) electrons. The van der Waals surface area contributed by atoms with E-state index in [0.717, 1.165) is 17.7 Å². The van der Waals surface area contributed by atoms with Gasteiger partial charge in [0, 0.05) is 18.8 Å². The number of hydrogen-bond acceptors (Lipinski definition) is 3. The van der Waals surface area contributed by atoms with Crippen LogP contribution < -0.4 is 15.4 Å². The summed E-state index contributed by atoms with van der Waals surface area (Å²) in [5.74, 6) is -0.148. The van der Waals surface area contributed by atoms with Gasteiger partial charge in [0.1, 0.15) is 5.75 Å². The monoisotopic (exact) mass is 383 g/mol. The van der Waals surface area contributed by atoms with Crippen molar-refractivity contribution in [1.82, 2.24) is 10.2 Å². The van der Waals surface area contributed by atoms with Crippen molar-refractivity contribution in [3.8, 4) is 5.75 Å². The van der Waals surface area contributed by atoms with Crippen LogP contribution in [0.15, 0.2) is 42.5 Å². The number of ether oxygens (including phenoxy) is 1. The highest BCUT2D eigenvalue weighted by Gasteiger charge is 2.10. The lowest BCUT2D eigenvalue weighted by Gasteiger charge is -2.12. The molecule has 0 aliphatic rings. The predicted molar refractivity (Wildman–Crippen MR) is 97.8 cm³/mol. The molecular weight excluding hydrogens is 364 g/mol. The summed E-state index contributed by atoms with van der Waals surface area (Å²) in [6, 6.07) is 11.5. The Kier molecular flexibility index (Phi) is 7.17. The Labute approximate surface area is 155 Å². The van der Waals surface area contributed by atoms with Crippen LogP contribution in [0.5, 0.6) is 5.75 Å². The van der Waals surface area contributed by atoms with Gasteiger partial charge >= 0.3 is 12.6 Å². The lowest BCUT2D eigenvalue weighted by Crippen LogP contribution is -2.28. The number of carbonyl (C=O) groups excluding carboxylic acids is 1. The second-order valence-corrected chi connectivity index (χ2v) is 6.30. The second kappa shape index (κ2) is 9.35. The number of hydrogen-bond donors (Lipinski definition) is 2. The van der Waals surface area contributed by atoms with E-state index in [1.807, 2.05) is 38.4 Å². The molecule has 0 atom stereocenters. The number of benzene rings is 2. The third kappa shape index (κ3) is 6.50. The molecule has 2 amide bonds. The van der Waals surface area contributed by atoms with E-state index < -0.39 is 12.6 Å². The second-order valence-electron chi connectivity index (χ2n) is 5.89. The van der Waals surface area contributed by atoms with Crippen LogP contribution in [0.4, 0.5) is 19.3 Å². The van der Waals surface area contributed by atoms with Gasteiger partial charge in [-0.1, -0.05) is 35.9 Å². The van der Waals surface area contributed by atoms with E-state index in [1.54, 1.807) is 0 Å². The molecule has 0 aromatic heterocycles. The van der Waals surface area contributed by atoms with Gasteiger partial charge in [-0.2, -0.15) is 8.78 Å². The fourth-order valence-electron chi connectivity index (χ4n) is 2.33. The number of halogens is 3. The first-order chi connectivity index (χ1) is 12.3. The lowest BCUT2D eigenvalue weighted by molar-refractivity contribution is -0.0497. The predicted octanol–water partition coefficient (Wildman–Crippen LogP) is 4.32. The molecule has 0 fully saturated rings. The highest BCUT2D eigenvalue weighted by atomic mass is 35.5. The largest absolute Gasteiger partial charge is 0.433 e. The van der Waals surface area contributed by atoms with E-state index in [4.69, 9.17) is 11.6 Å². The number of nitrogens with one attached hydrogen (secondary N) is 2. The highest BCUT2D eigenvalue weighted by molar-refractivity contribution is 6.32. The van der Waals surface area contributed by atoms with E-state index in [-0.39, 0.29) is 10.8 Å². The van der Waals surface area contributed by atoms with Crippen molar-refractivity contribution in [3.63, 3.8) is 0 Å².